The van der Waals surface area contributed by atoms with Gasteiger partial charge in [0.1, 0.15) is 11.5 Å². The summed E-state index contributed by atoms with van der Waals surface area (Å²) in [5.41, 5.74) is 1.51. The monoisotopic (exact) mass is 507 g/mol. The third-order valence-corrected chi connectivity index (χ3v) is 6.53. The molecule has 0 saturated carbocycles. The standard InChI is InChI=1S/C31H25NO6/c1-3-38-31(36)21-12-6-13-22(17-21)32-27(20-11-7-14-23(18-20)37-2)26(29(34)30(32)35)28(33)25-16-8-10-19-9-4-5-15-24(19)25/h4-18,27,33H,3H2,1-2H3/b28-26-. The number of hydrogen-bond donors (Lipinski definition) is 1. The molecule has 7 heteroatoms. The van der Waals surface area contributed by atoms with Gasteiger partial charge in [-0.05, 0) is 53.6 Å². The Morgan fingerprint density at radius 3 is 2.45 bits per heavy atom. The van der Waals surface area contributed by atoms with Crippen molar-refractivity contribution in [2.75, 3.05) is 18.6 Å². The molecule has 1 heterocycles. The number of methoxy groups -OCH3 is 1. The second-order valence-electron chi connectivity index (χ2n) is 8.74. The summed E-state index contributed by atoms with van der Waals surface area (Å²) in [5.74, 6) is -1.94. The first-order valence-corrected chi connectivity index (χ1v) is 12.1. The molecule has 1 N–H and O–H groups in total. The van der Waals surface area contributed by atoms with E-state index in [0.717, 1.165) is 10.8 Å². The van der Waals surface area contributed by atoms with Crippen LogP contribution in [0.4, 0.5) is 5.69 Å². The van der Waals surface area contributed by atoms with Crippen molar-refractivity contribution in [1.82, 2.24) is 0 Å². The Bertz CT molecular complexity index is 1600. The van der Waals surface area contributed by atoms with Crippen LogP contribution in [0.2, 0.25) is 0 Å². The van der Waals surface area contributed by atoms with Gasteiger partial charge in [-0.25, -0.2) is 4.79 Å². The number of benzene rings is 4. The summed E-state index contributed by atoms with van der Waals surface area (Å²) in [4.78, 5) is 40.8. The number of Topliss-reactive ketones (excluding diaryl/α,β-unsaturated/α-hetero) is 1. The maximum atomic E-state index is 13.6. The van der Waals surface area contributed by atoms with E-state index in [2.05, 4.69) is 0 Å². The zero-order chi connectivity index (χ0) is 26.8. The van der Waals surface area contributed by atoms with E-state index in [1.165, 1.54) is 18.1 Å². The predicted octanol–water partition coefficient (Wildman–Crippen LogP) is 5.65. The average molecular weight is 508 g/mol. The van der Waals surface area contributed by atoms with Crippen molar-refractivity contribution in [2.45, 2.75) is 13.0 Å². The van der Waals surface area contributed by atoms with Gasteiger partial charge in [-0.1, -0.05) is 60.7 Å². The van der Waals surface area contributed by atoms with Crippen LogP contribution in [-0.2, 0) is 14.3 Å². The maximum Gasteiger partial charge on any atom is 0.338 e. The van der Waals surface area contributed by atoms with Crippen molar-refractivity contribution in [1.29, 1.82) is 0 Å². The lowest BCUT2D eigenvalue weighted by Crippen LogP contribution is -2.29. The molecular formula is C31H25NO6. The quantitative estimate of drug-likeness (QED) is 0.157. The molecule has 4 aromatic carbocycles. The van der Waals surface area contributed by atoms with Gasteiger partial charge in [-0.3, -0.25) is 14.5 Å². The van der Waals surface area contributed by atoms with Crippen LogP contribution in [0, 0.1) is 0 Å². The van der Waals surface area contributed by atoms with E-state index in [1.807, 2.05) is 30.3 Å². The first-order chi connectivity index (χ1) is 18.4. The Morgan fingerprint density at radius 1 is 0.921 bits per heavy atom. The second-order valence-corrected chi connectivity index (χ2v) is 8.74. The molecule has 0 radical (unpaired) electrons. The van der Waals surface area contributed by atoms with Gasteiger partial charge >= 0.3 is 5.97 Å². The smallest absolute Gasteiger partial charge is 0.338 e. The van der Waals surface area contributed by atoms with Gasteiger partial charge in [0.2, 0.25) is 0 Å². The van der Waals surface area contributed by atoms with E-state index in [4.69, 9.17) is 9.47 Å². The van der Waals surface area contributed by atoms with Crippen LogP contribution in [0.25, 0.3) is 16.5 Å². The van der Waals surface area contributed by atoms with Gasteiger partial charge in [-0.2, -0.15) is 0 Å². The van der Waals surface area contributed by atoms with Crippen molar-refractivity contribution in [3.63, 3.8) is 0 Å². The van der Waals surface area contributed by atoms with Crippen molar-refractivity contribution in [3.05, 3.63) is 113 Å². The molecular weight excluding hydrogens is 482 g/mol. The summed E-state index contributed by atoms with van der Waals surface area (Å²) in [7, 11) is 1.52. The number of esters is 1. The van der Waals surface area contributed by atoms with Gasteiger partial charge < -0.3 is 14.6 Å². The van der Waals surface area contributed by atoms with E-state index in [0.29, 0.717) is 22.6 Å². The molecule has 0 spiro atoms. The summed E-state index contributed by atoms with van der Waals surface area (Å²) in [6.45, 7) is 1.90. The fourth-order valence-electron chi connectivity index (χ4n) is 4.80. The molecule has 1 aliphatic heterocycles. The number of aliphatic hydroxyl groups excluding tert-OH is 1. The Morgan fingerprint density at radius 2 is 1.66 bits per heavy atom. The highest BCUT2D eigenvalue weighted by Crippen LogP contribution is 2.43. The van der Waals surface area contributed by atoms with E-state index in [9.17, 15) is 19.5 Å². The number of rotatable bonds is 6. The molecule has 0 aromatic heterocycles. The number of fused-ring (bicyclic) bond motifs is 1. The minimum Gasteiger partial charge on any atom is -0.507 e. The van der Waals surface area contributed by atoms with E-state index in [1.54, 1.807) is 61.5 Å². The fraction of sp³-hybridized carbons (Fsp3) is 0.129. The number of aliphatic hydroxyl groups is 1. The number of carbonyl (C=O) groups excluding carboxylic acids is 3. The van der Waals surface area contributed by atoms with Crippen LogP contribution >= 0.6 is 0 Å². The van der Waals surface area contributed by atoms with Crippen molar-refractivity contribution in [2.24, 2.45) is 0 Å². The zero-order valence-corrected chi connectivity index (χ0v) is 20.9. The number of amides is 1. The van der Waals surface area contributed by atoms with Crippen molar-refractivity contribution >= 4 is 39.9 Å². The Labute approximate surface area is 219 Å². The Balaban J connectivity index is 1.74. The summed E-state index contributed by atoms with van der Waals surface area (Å²) in [6, 6.07) is 25.3. The molecule has 1 fully saturated rings. The third kappa shape index (κ3) is 4.28. The molecule has 1 atom stereocenters. The van der Waals surface area contributed by atoms with Crippen LogP contribution in [0.3, 0.4) is 0 Å². The summed E-state index contributed by atoms with van der Waals surface area (Å²) >= 11 is 0. The van der Waals surface area contributed by atoms with E-state index < -0.39 is 23.7 Å². The minimum absolute atomic E-state index is 0.0545. The number of ketones is 1. The summed E-state index contributed by atoms with van der Waals surface area (Å²) in [6.07, 6.45) is 0. The van der Waals surface area contributed by atoms with Crippen LogP contribution in [0.5, 0.6) is 5.75 Å². The second kappa shape index (κ2) is 10.2. The maximum absolute atomic E-state index is 13.6. The lowest BCUT2D eigenvalue weighted by atomic mass is 9.93. The van der Waals surface area contributed by atoms with Crippen LogP contribution in [0.1, 0.15) is 34.5 Å². The highest BCUT2D eigenvalue weighted by molar-refractivity contribution is 6.51. The van der Waals surface area contributed by atoms with Gasteiger partial charge in [0.15, 0.2) is 0 Å². The van der Waals surface area contributed by atoms with Gasteiger partial charge in [0.05, 0.1) is 30.9 Å². The molecule has 0 aliphatic carbocycles. The van der Waals surface area contributed by atoms with Crippen LogP contribution in [-0.4, -0.2) is 36.5 Å². The van der Waals surface area contributed by atoms with E-state index in [-0.39, 0.29) is 23.5 Å². The first-order valence-electron chi connectivity index (χ1n) is 12.1. The van der Waals surface area contributed by atoms with Crippen molar-refractivity contribution < 1.29 is 29.0 Å². The minimum atomic E-state index is -0.971. The molecule has 190 valence electrons. The number of hydrogen-bond acceptors (Lipinski definition) is 6. The lowest BCUT2D eigenvalue weighted by molar-refractivity contribution is -0.132. The zero-order valence-electron chi connectivity index (χ0n) is 20.9. The SMILES string of the molecule is CCOC(=O)c1cccc(N2C(=O)C(=O)/C(=C(\O)c3cccc4ccccc34)C2c2cccc(OC)c2)c1. The Kier molecular flexibility index (Phi) is 6.66. The summed E-state index contributed by atoms with van der Waals surface area (Å²) in [5, 5.41) is 13.2. The van der Waals surface area contributed by atoms with E-state index >= 15 is 0 Å². The Hall–Kier alpha value is -4.91. The molecule has 1 amide bonds. The fourth-order valence-corrected chi connectivity index (χ4v) is 4.80. The average Bonchev–Trinajstić information content (AvgIpc) is 3.22. The molecule has 1 saturated heterocycles. The largest absolute Gasteiger partial charge is 0.507 e. The van der Waals surface area contributed by atoms with Crippen LogP contribution < -0.4 is 9.64 Å². The molecule has 7 nitrogen and oxygen atoms in total. The van der Waals surface area contributed by atoms with Gasteiger partial charge in [0.25, 0.3) is 11.7 Å². The number of anilines is 1. The van der Waals surface area contributed by atoms with Gasteiger partial charge in [0, 0.05) is 11.3 Å². The normalized spacial score (nSPS) is 16.6. The lowest BCUT2D eigenvalue weighted by Gasteiger charge is -2.26. The highest BCUT2D eigenvalue weighted by Gasteiger charge is 2.47. The van der Waals surface area contributed by atoms with Gasteiger partial charge in [-0.15, -0.1) is 0 Å². The molecule has 5 rings (SSSR count). The predicted molar refractivity (Wildman–Crippen MR) is 144 cm³/mol. The van der Waals surface area contributed by atoms with Crippen LogP contribution in [0.15, 0.2) is 96.6 Å². The first kappa shape index (κ1) is 24.8. The molecule has 38 heavy (non-hydrogen) atoms. The highest BCUT2D eigenvalue weighted by atomic mass is 16.5. The summed E-state index contributed by atoms with van der Waals surface area (Å²) < 4.78 is 10.5. The molecule has 1 unspecified atom stereocenters. The topological polar surface area (TPSA) is 93.1 Å². The number of nitrogens with zero attached hydrogens (tertiary/aromatic N) is 1. The number of carbonyl (C=O) groups is 3. The molecule has 1 aliphatic rings. The number of ether oxygens (including phenoxy) is 2. The molecule has 4 aromatic rings. The molecule has 0 bridgehead atoms. The third-order valence-electron chi connectivity index (χ3n) is 6.53. The van der Waals surface area contributed by atoms with Crippen molar-refractivity contribution in [3.8, 4) is 5.75 Å².